The lowest BCUT2D eigenvalue weighted by Gasteiger charge is -2.43. The molecule has 6 heteroatoms. The summed E-state index contributed by atoms with van der Waals surface area (Å²) >= 11 is 0. The van der Waals surface area contributed by atoms with Crippen LogP contribution in [-0.2, 0) is 4.74 Å². The van der Waals surface area contributed by atoms with E-state index in [1.54, 1.807) is 0 Å². The molecule has 2 aliphatic heterocycles. The minimum Gasteiger partial charge on any atom is -0.379 e. The van der Waals surface area contributed by atoms with Crippen molar-refractivity contribution in [1.29, 1.82) is 0 Å². The molecule has 2 unspecified atom stereocenters. The molecule has 2 atom stereocenters. The first kappa shape index (κ1) is 12.6. The molecule has 0 amide bonds. The number of hydrogen-bond donors (Lipinski definition) is 1. The second-order valence-electron chi connectivity index (χ2n) is 4.73. The smallest absolute Gasteiger partial charge is 0.151 e. The highest BCUT2D eigenvalue weighted by molar-refractivity contribution is 5.79. The summed E-state index contributed by atoms with van der Waals surface area (Å²) in [5.74, 6) is 0.846. The summed E-state index contributed by atoms with van der Waals surface area (Å²) in [7, 11) is 3.80. The molecule has 1 N–H and O–H groups in total. The lowest BCUT2D eigenvalue weighted by molar-refractivity contribution is -0.0507. The molecular weight excluding hydrogens is 220 g/mol. The first-order chi connectivity index (χ1) is 8.09. The Kier molecular flexibility index (Phi) is 3.86. The molecule has 2 aliphatic rings. The van der Waals surface area contributed by atoms with Crippen LogP contribution in [-0.4, -0.2) is 85.0 Å². The number of aliphatic hydroxyl groups excluding tert-OH is 1. The van der Waals surface area contributed by atoms with Crippen molar-refractivity contribution in [3.8, 4) is 0 Å². The van der Waals surface area contributed by atoms with Crippen molar-refractivity contribution in [2.45, 2.75) is 19.2 Å². The molecule has 0 aliphatic carbocycles. The third kappa shape index (κ3) is 2.70. The first-order valence-electron chi connectivity index (χ1n) is 6.08. The van der Waals surface area contributed by atoms with Crippen molar-refractivity contribution in [3.63, 3.8) is 0 Å². The van der Waals surface area contributed by atoms with Gasteiger partial charge in [-0.3, -0.25) is 9.91 Å². The van der Waals surface area contributed by atoms with Crippen LogP contribution < -0.4 is 0 Å². The van der Waals surface area contributed by atoms with Crippen LogP contribution in [0.25, 0.3) is 0 Å². The number of likely N-dealkylation sites (N-methyl/N-ethyl adjacent to an activating group) is 2. The Morgan fingerprint density at radius 1 is 1.35 bits per heavy atom. The fraction of sp³-hybridized carbons (Fsp3) is 0.909. The van der Waals surface area contributed by atoms with Crippen LogP contribution in [0.15, 0.2) is 5.10 Å². The quantitative estimate of drug-likeness (QED) is 0.688. The Labute approximate surface area is 102 Å². The van der Waals surface area contributed by atoms with Crippen molar-refractivity contribution in [2.75, 3.05) is 46.9 Å². The zero-order valence-corrected chi connectivity index (χ0v) is 10.8. The summed E-state index contributed by atoms with van der Waals surface area (Å²) in [5.41, 5.74) is 0. The van der Waals surface area contributed by atoms with Gasteiger partial charge in [-0.2, -0.15) is 5.10 Å². The predicted octanol–water partition coefficient (Wildman–Crippen LogP) is -0.784. The maximum Gasteiger partial charge on any atom is 0.151 e. The third-order valence-electron chi connectivity index (χ3n) is 3.58. The lowest BCUT2D eigenvalue weighted by atomic mass is 10.2. The Bertz CT molecular complexity index is 291. The van der Waals surface area contributed by atoms with Gasteiger partial charge in [-0.25, -0.2) is 0 Å². The zero-order chi connectivity index (χ0) is 12.4. The molecule has 17 heavy (non-hydrogen) atoms. The van der Waals surface area contributed by atoms with Crippen LogP contribution >= 0.6 is 0 Å². The Hall–Kier alpha value is -0.850. The maximum atomic E-state index is 10.3. The normalized spacial score (nSPS) is 31.6. The summed E-state index contributed by atoms with van der Waals surface area (Å²) in [4.78, 5) is 4.14. The van der Waals surface area contributed by atoms with Gasteiger partial charge in [0.2, 0.25) is 0 Å². The van der Waals surface area contributed by atoms with Crippen LogP contribution in [0.5, 0.6) is 0 Å². The molecule has 0 spiro atoms. The van der Waals surface area contributed by atoms with Crippen molar-refractivity contribution in [2.24, 2.45) is 5.10 Å². The highest BCUT2D eigenvalue weighted by Crippen LogP contribution is 2.15. The van der Waals surface area contributed by atoms with Crippen molar-refractivity contribution in [1.82, 2.24) is 14.8 Å². The molecule has 0 radical (unpaired) electrons. The van der Waals surface area contributed by atoms with Gasteiger partial charge in [0, 0.05) is 33.7 Å². The molecule has 2 heterocycles. The topological polar surface area (TPSA) is 51.5 Å². The van der Waals surface area contributed by atoms with E-state index in [4.69, 9.17) is 4.74 Å². The molecule has 0 aromatic heterocycles. The SMILES string of the molecule is CC1=NN(C)C(CN2CCOCC2)C(O)N1C. The van der Waals surface area contributed by atoms with E-state index in [1.807, 2.05) is 30.9 Å². The number of nitrogens with zero attached hydrogens (tertiary/aromatic N) is 4. The van der Waals surface area contributed by atoms with E-state index in [9.17, 15) is 5.11 Å². The second kappa shape index (κ2) is 5.20. The van der Waals surface area contributed by atoms with Gasteiger partial charge in [-0.15, -0.1) is 0 Å². The standard InChI is InChI=1S/C11H22N4O2/c1-9-12-14(3)10(11(16)13(9)2)8-15-4-6-17-7-5-15/h10-11,16H,4-8H2,1-3H3. The van der Waals surface area contributed by atoms with Crippen LogP contribution in [0.3, 0.4) is 0 Å². The largest absolute Gasteiger partial charge is 0.379 e. The molecular formula is C11H22N4O2. The van der Waals surface area contributed by atoms with Crippen LogP contribution in [0.2, 0.25) is 0 Å². The molecule has 2 rings (SSSR count). The number of aliphatic hydroxyl groups is 1. The van der Waals surface area contributed by atoms with Gasteiger partial charge in [0.1, 0.15) is 11.9 Å². The van der Waals surface area contributed by atoms with Gasteiger partial charge < -0.3 is 14.7 Å². The minimum absolute atomic E-state index is 0.0156. The molecule has 6 nitrogen and oxygen atoms in total. The number of rotatable bonds is 2. The summed E-state index contributed by atoms with van der Waals surface area (Å²) in [6.07, 6.45) is -0.500. The van der Waals surface area contributed by atoms with Gasteiger partial charge >= 0.3 is 0 Å². The van der Waals surface area contributed by atoms with Crippen molar-refractivity contribution < 1.29 is 9.84 Å². The highest BCUT2D eigenvalue weighted by atomic mass is 16.5. The van der Waals surface area contributed by atoms with Gasteiger partial charge in [-0.05, 0) is 6.92 Å². The van der Waals surface area contributed by atoms with Crippen molar-refractivity contribution in [3.05, 3.63) is 0 Å². The first-order valence-corrected chi connectivity index (χ1v) is 6.08. The molecule has 0 saturated carbocycles. The maximum absolute atomic E-state index is 10.3. The van der Waals surface area contributed by atoms with E-state index in [-0.39, 0.29) is 6.04 Å². The molecule has 1 fully saturated rings. The van der Waals surface area contributed by atoms with E-state index in [0.717, 1.165) is 38.7 Å². The lowest BCUT2D eigenvalue weighted by Crippen LogP contribution is -2.58. The fourth-order valence-corrected chi connectivity index (χ4v) is 2.28. The Morgan fingerprint density at radius 3 is 2.65 bits per heavy atom. The molecule has 0 aromatic carbocycles. The van der Waals surface area contributed by atoms with E-state index < -0.39 is 6.23 Å². The summed E-state index contributed by atoms with van der Waals surface area (Å²) in [5, 5.41) is 16.5. The third-order valence-corrected chi connectivity index (χ3v) is 3.58. The summed E-state index contributed by atoms with van der Waals surface area (Å²) < 4.78 is 5.32. The average molecular weight is 242 g/mol. The highest BCUT2D eigenvalue weighted by Gasteiger charge is 2.33. The van der Waals surface area contributed by atoms with Crippen LogP contribution in [0.1, 0.15) is 6.92 Å². The number of amidine groups is 1. The molecule has 1 saturated heterocycles. The number of hydrogen-bond acceptors (Lipinski definition) is 6. The van der Waals surface area contributed by atoms with Crippen LogP contribution in [0, 0.1) is 0 Å². The molecule has 0 aromatic rings. The van der Waals surface area contributed by atoms with Gasteiger partial charge in [0.05, 0.1) is 13.2 Å². The van der Waals surface area contributed by atoms with Crippen LogP contribution in [0.4, 0.5) is 0 Å². The monoisotopic (exact) mass is 242 g/mol. The average Bonchev–Trinajstić information content (AvgIpc) is 2.33. The minimum atomic E-state index is -0.500. The fourth-order valence-electron chi connectivity index (χ4n) is 2.28. The summed E-state index contributed by atoms with van der Waals surface area (Å²) in [6.45, 7) is 6.16. The number of morpholine rings is 1. The zero-order valence-electron chi connectivity index (χ0n) is 10.8. The van der Waals surface area contributed by atoms with Gasteiger partial charge in [0.25, 0.3) is 0 Å². The number of ether oxygens (including phenoxy) is 1. The Balaban J connectivity index is 1.99. The van der Waals surface area contributed by atoms with E-state index in [2.05, 4.69) is 10.0 Å². The van der Waals surface area contributed by atoms with Crippen molar-refractivity contribution >= 4 is 5.84 Å². The number of hydrazone groups is 1. The molecule has 98 valence electrons. The second-order valence-corrected chi connectivity index (χ2v) is 4.73. The van der Waals surface area contributed by atoms with E-state index in [0.29, 0.717) is 0 Å². The molecule has 0 bridgehead atoms. The van der Waals surface area contributed by atoms with E-state index in [1.165, 1.54) is 0 Å². The predicted molar refractivity (Wildman–Crippen MR) is 65.7 cm³/mol. The van der Waals surface area contributed by atoms with Gasteiger partial charge in [-0.1, -0.05) is 0 Å². The summed E-state index contributed by atoms with van der Waals surface area (Å²) in [6, 6.07) is 0.0156. The van der Waals surface area contributed by atoms with E-state index >= 15 is 0 Å². The Morgan fingerprint density at radius 2 is 2.00 bits per heavy atom. The van der Waals surface area contributed by atoms with Gasteiger partial charge in [0.15, 0.2) is 6.23 Å².